The normalized spacial score (nSPS) is 20.7. The molecule has 0 saturated carbocycles. The van der Waals surface area contributed by atoms with Gasteiger partial charge in [0.2, 0.25) is 0 Å². The minimum Gasteiger partial charge on any atom is -0.486 e. The number of azide groups is 1. The van der Waals surface area contributed by atoms with Gasteiger partial charge in [-0.3, -0.25) is 0 Å². The Morgan fingerprint density at radius 1 is 1.48 bits per heavy atom. The molecule has 0 saturated heterocycles. The molecule has 1 heterocycles. The largest absolute Gasteiger partial charge is 0.486 e. The van der Waals surface area contributed by atoms with E-state index in [0.717, 1.165) is 5.56 Å². The molecule has 5 nitrogen and oxygen atoms in total. The van der Waals surface area contributed by atoms with Crippen molar-refractivity contribution in [3.05, 3.63) is 39.5 Å². The minimum absolute atomic E-state index is 0.0192. The van der Waals surface area contributed by atoms with Crippen LogP contribution in [0.5, 0.6) is 5.75 Å². The summed E-state index contributed by atoms with van der Waals surface area (Å²) in [5, 5.41) is 3.60. The number of ether oxygens (including phenoxy) is 1. The van der Waals surface area contributed by atoms with E-state index in [1.807, 2.05) is 13.8 Å². The van der Waals surface area contributed by atoms with Gasteiger partial charge in [0.15, 0.2) is 0 Å². The second-order valence-corrected chi connectivity index (χ2v) is 8.53. The van der Waals surface area contributed by atoms with Gasteiger partial charge >= 0.3 is 0 Å². The van der Waals surface area contributed by atoms with Crippen LogP contribution < -0.4 is 4.74 Å². The molecular weight excluding hydrogens is 315 g/mol. The summed E-state index contributed by atoms with van der Waals surface area (Å²) in [7, 11) is 0. The SMILES string of the molecule is C/C(=N\SC(C)(C)C)c1cc(F)cc2c1OC(C)(CN=[N+]=[N-])C2. The van der Waals surface area contributed by atoms with Crippen LogP contribution in [0.4, 0.5) is 4.39 Å². The molecule has 0 radical (unpaired) electrons. The average Bonchev–Trinajstić information content (AvgIpc) is 2.77. The Hall–Kier alpha value is -1.72. The number of hydrogen-bond donors (Lipinski definition) is 0. The summed E-state index contributed by atoms with van der Waals surface area (Å²) < 4.78 is 24.5. The topological polar surface area (TPSA) is 70.4 Å². The highest BCUT2D eigenvalue weighted by Gasteiger charge is 2.36. The quantitative estimate of drug-likeness (QED) is 0.253. The highest BCUT2D eigenvalue weighted by Crippen LogP contribution is 2.39. The molecule has 7 heteroatoms. The molecule has 23 heavy (non-hydrogen) atoms. The first-order valence-corrected chi connectivity index (χ1v) is 8.16. The van der Waals surface area contributed by atoms with Crippen LogP contribution in [0.2, 0.25) is 0 Å². The molecule has 1 unspecified atom stereocenters. The number of hydrogen-bond acceptors (Lipinski definition) is 4. The van der Waals surface area contributed by atoms with Crippen LogP contribution in [-0.4, -0.2) is 22.6 Å². The summed E-state index contributed by atoms with van der Waals surface area (Å²) in [6, 6.07) is 2.92. The zero-order chi connectivity index (χ0) is 17.3. The van der Waals surface area contributed by atoms with Gasteiger partial charge in [-0.15, -0.1) is 0 Å². The summed E-state index contributed by atoms with van der Waals surface area (Å²) in [6.07, 6.45) is 0.506. The van der Waals surface area contributed by atoms with E-state index in [2.05, 4.69) is 35.2 Å². The van der Waals surface area contributed by atoms with E-state index < -0.39 is 5.60 Å². The first-order chi connectivity index (χ1) is 10.6. The lowest BCUT2D eigenvalue weighted by atomic mass is 9.98. The first kappa shape index (κ1) is 17.6. The first-order valence-electron chi connectivity index (χ1n) is 7.39. The van der Waals surface area contributed by atoms with Crippen molar-refractivity contribution in [2.75, 3.05) is 6.54 Å². The van der Waals surface area contributed by atoms with Gasteiger partial charge in [0.25, 0.3) is 0 Å². The molecule has 1 aliphatic rings. The molecule has 0 bridgehead atoms. The number of nitrogens with zero attached hydrogens (tertiary/aromatic N) is 4. The second-order valence-electron chi connectivity index (χ2n) is 6.94. The summed E-state index contributed by atoms with van der Waals surface area (Å²) in [4.78, 5) is 2.78. The van der Waals surface area contributed by atoms with Gasteiger partial charge in [0.05, 0.1) is 12.3 Å². The van der Waals surface area contributed by atoms with Crippen molar-refractivity contribution in [1.82, 2.24) is 0 Å². The summed E-state index contributed by atoms with van der Waals surface area (Å²) in [5.74, 6) is 0.323. The van der Waals surface area contributed by atoms with Crippen molar-refractivity contribution in [3.63, 3.8) is 0 Å². The summed E-state index contributed by atoms with van der Waals surface area (Å²) in [6.45, 7) is 10.1. The Morgan fingerprint density at radius 2 is 2.17 bits per heavy atom. The third-order valence-corrected chi connectivity index (χ3v) is 4.27. The molecular formula is C16H21FN4OS. The van der Waals surface area contributed by atoms with Crippen LogP contribution in [0.25, 0.3) is 10.4 Å². The minimum atomic E-state index is -0.644. The monoisotopic (exact) mass is 336 g/mol. The van der Waals surface area contributed by atoms with Crippen molar-refractivity contribution >= 4 is 17.7 Å². The second kappa shape index (κ2) is 6.42. The lowest BCUT2D eigenvalue weighted by Gasteiger charge is -2.22. The van der Waals surface area contributed by atoms with E-state index in [0.29, 0.717) is 23.4 Å². The van der Waals surface area contributed by atoms with E-state index in [1.165, 1.54) is 24.1 Å². The molecule has 2 rings (SSSR count). The number of fused-ring (bicyclic) bond motifs is 1. The van der Waals surface area contributed by atoms with E-state index in [9.17, 15) is 4.39 Å². The van der Waals surface area contributed by atoms with Crippen molar-refractivity contribution in [2.45, 2.75) is 51.4 Å². The van der Waals surface area contributed by atoms with Crippen LogP contribution in [0.1, 0.15) is 45.7 Å². The lowest BCUT2D eigenvalue weighted by Crippen LogP contribution is -2.33. The molecule has 1 aromatic carbocycles. The Balaban J connectivity index is 2.37. The Labute approximate surface area is 140 Å². The fraction of sp³-hybridized carbons (Fsp3) is 0.562. The molecule has 1 aliphatic heterocycles. The average molecular weight is 336 g/mol. The van der Waals surface area contributed by atoms with Crippen molar-refractivity contribution in [2.24, 2.45) is 9.51 Å². The highest BCUT2D eigenvalue weighted by atomic mass is 32.2. The van der Waals surface area contributed by atoms with E-state index >= 15 is 0 Å². The number of rotatable bonds is 4. The van der Waals surface area contributed by atoms with Gasteiger partial charge in [-0.05, 0) is 64.2 Å². The molecule has 0 spiro atoms. The number of benzene rings is 1. The van der Waals surface area contributed by atoms with Crippen LogP contribution in [0.15, 0.2) is 21.6 Å². The summed E-state index contributed by atoms with van der Waals surface area (Å²) in [5.41, 5.74) is 10.0. The third-order valence-electron chi connectivity index (χ3n) is 3.36. The zero-order valence-electron chi connectivity index (χ0n) is 14.1. The molecule has 0 aliphatic carbocycles. The maximum absolute atomic E-state index is 14.0. The standard InChI is InChI=1S/C16H21FN4OS/c1-10(20-23-15(2,3)4)13-7-12(17)6-11-8-16(5,9-19-21-18)22-14(11)13/h6-7H,8-9H2,1-5H3/b20-10+. The zero-order valence-corrected chi connectivity index (χ0v) is 14.9. The van der Waals surface area contributed by atoms with Crippen LogP contribution in [-0.2, 0) is 6.42 Å². The smallest absolute Gasteiger partial charge is 0.132 e. The van der Waals surface area contributed by atoms with Crippen LogP contribution in [0.3, 0.4) is 0 Å². The van der Waals surface area contributed by atoms with Crippen molar-refractivity contribution < 1.29 is 9.13 Å². The van der Waals surface area contributed by atoms with Gasteiger partial charge in [-0.25, -0.2) is 8.79 Å². The maximum Gasteiger partial charge on any atom is 0.132 e. The van der Waals surface area contributed by atoms with Crippen molar-refractivity contribution in [3.8, 4) is 5.75 Å². The van der Waals surface area contributed by atoms with Gasteiger partial charge in [0, 0.05) is 27.2 Å². The Kier molecular flexibility index (Phi) is 4.92. The summed E-state index contributed by atoms with van der Waals surface area (Å²) >= 11 is 1.44. The fourth-order valence-corrected chi connectivity index (χ4v) is 2.89. The predicted octanol–water partition coefficient (Wildman–Crippen LogP) is 5.09. The van der Waals surface area contributed by atoms with E-state index in [1.54, 1.807) is 0 Å². The van der Waals surface area contributed by atoms with Gasteiger partial charge in [-0.1, -0.05) is 5.11 Å². The maximum atomic E-state index is 14.0. The van der Waals surface area contributed by atoms with Crippen molar-refractivity contribution in [1.29, 1.82) is 0 Å². The molecule has 0 N–H and O–H groups in total. The molecule has 0 fully saturated rings. The molecule has 1 atom stereocenters. The molecule has 0 aromatic heterocycles. The van der Waals surface area contributed by atoms with Crippen LogP contribution in [0, 0.1) is 5.82 Å². The number of halogens is 1. The van der Waals surface area contributed by atoms with Gasteiger partial charge in [0.1, 0.15) is 17.2 Å². The fourth-order valence-electron chi connectivity index (χ4n) is 2.38. The lowest BCUT2D eigenvalue weighted by molar-refractivity contribution is 0.125. The van der Waals surface area contributed by atoms with Gasteiger partial charge in [-0.2, -0.15) is 0 Å². The predicted molar refractivity (Wildman–Crippen MR) is 92.7 cm³/mol. The van der Waals surface area contributed by atoms with E-state index in [-0.39, 0.29) is 17.1 Å². The Bertz CT molecular complexity index is 692. The van der Waals surface area contributed by atoms with Crippen LogP contribution >= 0.6 is 11.9 Å². The van der Waals surface area contributed by atoms with Gasteiger partial charge < -0.3 is 4.74 Å². The Morgan fingerprint density at radius 3 is 2.78 bits per heavy atom. The third kappa shape index (κ3) is 4.39. The molecule has 0 amide bonds. The van der Waals surface area contributed by atoms with E-state index in [4.69, 9.17) is 10.3 Å². The molecule has 124 valence electrons. The molecule has 1 aromatic rings. The highest BCUT2D eigenvalue weighted by molar-refractivity contribution is 7.99.